The van der Waals surface area contributed by atoms with Crippen LogP contribution in [0.4, 0.5) is 10.5 Å². The van der Waals surface area contributed by atoms with Gasteiger partial charge < -0.3 is 20.1 Å². The number of nitrogens with zero attached hydrogens (tertiary/aromatic N) is 1. The maximum Gasteiger partial charge on any atom is 0.319 e. The van der Waals surface area contributed by atoms with Crippen LogP contribution in [-0.4, -0.2) is 49.9 Å². The molecule has 1 saturated heterocycles. The number of benzene rings is 2. The first kappa shape index (κ1) is 18.8. The van der Waals surface area contributed by atoms with Crippen LogP contribution < -0.4 is 15.4 Å². The minimum atomic E-state index is -0.207. The second kappa shape index (κ2) is 9.08. The van der Waals surface area contributed by atoms with E-state index in [0.717, 1.165) is 56.1 Å². The Bertz CT molecular complexity index is 797. The average molecular weight is 381 g/mol. The summed E-state index contributed by atoms with van der Waals surface area (Å²) in [5.41, 5.74) is 3.23. The molecule has 2 aliphatic heterocycles. The summed E-state index contributed by atoms with van der Waals surface area (Å²) in [5, 5.41) is 5.85. The van der Waals surface area contributed by atoms with E-state index in [-0.39, 0.29) is 12.1 Å². The van der Waals surface area contributed by atoms with Crippen molar-refractivity contribution in [3.05, 3.63) is 59.7 Å². The molecule has 0 radical (unpaired) electrons. The highest BCUT2D eigenvalue weighted by Gasteiger charge is 2.20. The van der Waals surface area contributed by atoms with E-state index < -0.39 is 0 Å². The van der Waals surface area contributed by atoms with E-state index in [0.29, 0.717) is 13.2 Å². The van der Waals surface area contributed by atoms with Crippen LogP contribution in [0.25, 0.3) is 0 Å². The molecule has 1 atom stereocenters. The summed E-state index contributed by atoms with van der Waals surface area (Å²) >= 11 is 0. The van der Waals surface area contributed by atoms with Gasteiger partial charge in [-0.1, -0.05) is 30.3 Å². The van der Waals surface area contributed by atoms with Gasteiger partial charge in [0.1, 0.15) is 5.75 Å². The van der Waals surface area contributed by atoms with Gasteiger partial charge in [-0.15, -0.1) is 0 Å². The third-order valence-corrected chi connectivity index (χ3v) is 5.12. The van der Waals surface area contributed by atoms with Crippen molar-refractivity contribution in [2.24, 2.45) is 0 Å². The topological polar surface area (TPSA) is 62.8 Å². The van der Waals surface area contributed by atoms with Crippen LogP contribution in [0, 0.1) is 0 Å². The number of rotatable bonds is 5. The van der Waals surface area contributed by atoms with Gasteiger partial charge >= 0.3 is 6.03 Å². The Morgan fingerprint density at radius 1 is 1.14 bits per heavy atom. The summed E-state index contributed by atoms with van der Waals surface area (Å²) < 4.78 is 11.4. The largest absolute Gasteiger partial charge is 0.493 e. The van der Waals surface area contributed by atoms with Gasteiger partial charge in [0.2, 0.25) is 0 Å². The average Bonchev–Trinajstić information content (AvgIpc) is 3.06. The highest BCUT2D eigenvalue weighted by Crippen LogP contribution is 2.27. The van der Waals surface area contributed by atoms with Gasteiger partial charge in [0, 0.05) is 44.9 Å². The number of carbonyl (C=O) groups is 1. The number of amides is 2. The molecule has 2 amide bonds. The van der Waals surface area contributed by atoms with Gasteiger partial charge in [0.25, 0.3) is 0 Å². The Labute approximate surface area is 165 Å². The fourth-order valence-corrected chi connectivity index (χ4v) is 3.72. The predicted octanol–water partition coefficient (Wildman–Crippen LogP) is 3.03. The Hall–Kier alpha value is -2.57. The number of fused-ring (bicyclic) bond motifs is 1. The minimum absolute atomic E-state index is 0.00890. The fraction of sp³-hybridized carbons (Fsp3) is 0.409. The van der Waals surface area contributed by atoms with Crippen LogP contribution >= 0.6 is 0 Å². The lowest BCUT2D eigenvalue weighted by Gasteiger charge is -2.24. The summed E-state index contributed by atoms with van der Waals surface area (Å²) in [4.78, 5) is 14.7. The van der Waals surface area contributed by atoms with Crippen molar-refractivity contribution in [2.75, 3.05) is 38.2 Å². The maximum atomic E-state index is 12.3. The predicted molar refractivity (Wildman–Crippen MR) is 109 cm³/mol. The monoisotopic (exact) mass is 381 g/mol. The van der Waals surface area contributed by atoms with E-state index in [4.69, 9.17) is 9.47 Å². The third kappa shape index (κ3) is 5.03. The van der Waals surface area contributed by atoms with Crippen LogP contribution in [-0.2, 0) is 17.7 Å². The van der Waals surface area contributed by atoms with E-state index in [1.165, 1.54) is 5.56 Å². The van der Waals surface area contributed by atoms with Crippen molar-refractivity contribution in [3.63, 3.8) is 0 Å². The molecule has 2 aromatic rings. The lowest BCUT2D eigenvalue weighted by Crippen LogP contribution is -2.41. The van der Waals surface area contributed by atoms with Gasteiger partial charge in [-0.05, 0) is 35.7 Å². The highest BCUT2D eigenvalue weighted by molar-refractivity contribution is 5.89. The zero-order valence-electron chi connectivity index (χ0n) is 16.0. The van der Waals surface area contributed by atoms with Crippen LogP contribution in [0.3, 0.4) is 0 Å². The summed E-state index contributed by atoms with van der Waals surface area (Å²) in [5.74, 6) is 0.913. The Balaban J connectivity index is 1.26. The second-order valence-electron chi connectivity index (χ2n) is 7.32. The lowest BCUT2D eigenvalue weighted by molar-refractivity contribution is 0.0554. The highest BCUT2D eigenvalue weighted by atomic mass is 16.5. The number of anilines is 1. The molecule has 0 aromatic heterocycles. The van der Waals surface area contributed by atoms with E-state index in [9.17, 15) is 4.79 Å². The summed E-state index contributed by atoms with van der Waals surface area (Å²) in [6.07, 6.45) is 1.89. The fourth-order valence-electron chi connectivity index (χ4n) is 3.72. The first-order valence-corrected chi connectivity index (χ1v) is 9.95. The summed E-state index contributed by atoms with van der Waals surface area (Å²) in [6, 6.07) is 16.0. The molecule has 1 fully saturated rings. The molecular formula is C22H27N3O3. The molecule has 1 unspecified atom stereocenters. The molecule has 148 valence electrons. The molecule has 2 N–H and O–H groups in total. The van der Waals surface area contributed by atoms with E-state index >= 15 is 0 Å². The number of urea groups is 1. The first-order valence-electron chi connectivity index (χ1n) is 9.95. The molecule has 0 bridgehead atoms. The normalized spacial score (nSPS) is 19.4. The Morgan fingerprint density at radius 3 is 2.93 bits per heavy atom. The Morgan fingerprint density at radius 2 is 2.04 bits per heavy atom. The van der Waals surface area contributed by atoms with E-state index in [1.807, 2.05) is 24.3 Å². The molecule has 28 heavy (non-hydrogen) atoms. The summed E-state index contributed by atoms with van der Waals surface area (Å²) in [6.45, 7) is 4.66. The maximum absolute atomic E-state index is 12.3. The molecule has 2 aliphatic rings. The van der Waals surface area contributed by atoms with Crippen molar-refractivity contribution in [3.8, 4) is 5.75 Å². The number of hydrogen-bond acceptors (Lipinski definition) is 4. The van der Waals surface area contributed by atoms with Gasteiger partial charge in [-0.25, -0.2) is 4.79 Å². The van der Waals surface area contributed by atoms with Gasteiger partial charge in [-0.3, -0.25) is 4.90 Å². The van der Waals surface area contributed by atoms with Crippen LogP contribution in [0.15, 0.2) is 48.5 Å². The quantitative estimate of drug-likeness (QED) is 0.836. The molecule has 2 aromatic carbocycles. The zero-order chi connectivity index (χ0) is 19.2. The molecular weight excluding hydrogens is 354 g/mol. The molecule has 0 saturated carbocycles. The molecule has 2 heterocycles. The lowest BCUT2D eigenvalue weighted by atomic mass is 10.1. The van der Waals surface area contributed by atoms with Gasteiger partial charge in [0.05, 0.1) is 12.7 Å². The van der Waals surface area contributed by atoms with Crippen molar-refractivity contribution in [1.82, 2.24) is 10.2 Å². The van der Waals surface area contributed by atoms with E-state index in [1.54, 1.807) is 0 Å². The smallest absolute Gasteiger partial charge is 0.319 e. The van der Waals surface area contributed by atoms with Gasteiger partial charge in [-0.2, -0.15) is 0 Å². The van der Waals surface area contributed by atoms with Crippen LogP contribution in [0.2, 0.25) is 0 Å². The Kier molecular flexibility index (Phi) is 6.09. The number of carbonyl (C=O) groups excluding carboxylic acids is 1. The minimum Gasteiger partial charge on any atom is -0.493 e. The van der Waals surface area contributed by atoms with Crippen molar-refractivity contribution < 1.29 is 14.3 Å². The molecule has 0 aliphatic carbocycles. The zero-order valence-corrected chi connectivity index (χ0v) is 16.0. The van der Waals surface area contributed by atoms with Crippen LogP contribution in [0.5, 0.6) is 5.75 Å². The number of nitrogens with one attached hydrogen (secondary N) is 2. The molecule has 0 spiro atoms. The summed E-state index contributed by atoms with van der Waals surface area (Å²) in [7, 11) is 0. The number of ether oxygens (including phenoxy) is 2. The molecule has 4 rings (SSSR count). The molecule has 6 nitrogen and oxygen atoms in total. The second-order valence-corrected chi connectivity index (χ2v) is 7.32. The van der Waals surface area contributed by atoms with Crippen LogP contribution in [0.1, 0.15) is 17.5 Å². The van der Waals surface area contributed by atoms with E-state index in [2.05, 4.69) is 39.8 Å². The van der Waals surface area contributed by atoms with Gasteiger partial charge in [0.15, 0.2) is 0 Å². The molecule has 6 heteroatoms. The van der Waals surface area contributed by atoms with Crippen molar-refractivity contribution in [1.29, 1.82) is 0 Å². The SMILES string of the molecule is O=C(NCC1CN(Cc2ccccc2)CCCO1)Nc1ccc2c(c1)CCO2. The third-order valence-electron chi connectivity index (χ3n) is 5.12. The van der Waals surface area contributed by atoms with Crippen molar-refractivity contribution in [2.45, 2.75) is 25.5 Å². The first-order chi connectivity index (χ1) is 13.8. The number of hydrogen-bond donors (Lipinski definition) is 2. The van der Waals surface area contributed by atoms with Crippen molar-refractivity contribution >= 4 is 11.7 Å². The standard InChI is InChI=1S/C22H27N3O3/c26-22(24-19-7-8-21-18(13-19)9-12-28-21)23-14-20-16-25(10-4-11-27-20)15-17-5-2-1-3-6-17/h1-3,5-8,13,20H,4,9-12,14-16H2,(H2,23,24,26).